The lowest BCUT2D eigenvalue weighted by Gasteiger charge is -2.21. The number of unbranched alkanes of at least 4 members (excludes halogenated alkanes) is 1. The molecule has 226 valence electrons. The van der Waals surface area contributed by atoms with Crippen molar-refractivity contribution in [2.24, 2.45) is 0 Å². The minimum Gasteiger partial charge on any atom is -0.492 e. The molecule has 1 N–H and O–H groups in total. The molecule has 0 fully saturated rings. The summed E-state index contributed by atoms with van der Waals surface area (Å²) in [5, 5.41) is 3.68. The minimum atomic E-state index is -0.623. The highest BCUT2D eigenvalue weighted by Crippen LogP contribution is 2.34. The van der Waals surface area contributed by atoms with Crippen LogP contribution in [0.2, 0.25) is 0 Å². The van der Waals surface area contributed by atoms with Crippen LogP contribution in [0.25, 0.3) is 22.2 Å². The van der Waals surface area contributed by atoms with Crippen molar-refractivity contribution in [2.45, 2.75) is 52.7 Å². The summed E-state index contributed by atoms with van der Waals surface area (Å²) >= 11 is 0. The SMILES string of the molecule is Cc1cccc(C2=C(c3ccc4ncc(OCCCCNC(=O)OCc5ccccc5)cc4c3)C=[N+]2C(=O)OC(C)(C)C)n1. The number of amides is 2. The Labute approximate surface area is 257 Å². The van der Waals surface area contributed by atoms with Gasteiger partial charge in [0.15, 0.2) is 6.21 Å². The first-order chi connectivity index (χ1) is 21.2. The molecule has 2 aromatic heterocycles. The number of ether oxygens (including phenoxy) is 3. The Morgan fingerprint density at radius 3 is 2.55 bits per heavy atom. The average molecular weight is 594 g/mol. The third kappa shape index (κ3) is 7.86. The summed E-state index contributed by atoms with van der Waals surface area (Å²) in [6, 6.07) is 23.2. The normalized spacial score (nSPS) is 12.8. The van der Waals surface area contributed by atoms with Gasteiger partial charge >= 0.3 is 12.2 Å². The first-order valence-corrected chi connectivity index (χ1v) is 14.7. The van der Waals surface area contributed by atoms with Gasteiger partial charge in [0.1, 0.15) is 29.2 Å². The van der Waals surface area contributed by atoms with Gasteiger partial charge in [-0.1, -0.05) is 47.0 Å². The van der Waals surface area contributed by atoms with Crippen molar-refractivity contribution < 1.29 is 28.4 Å². The Bertz CT molecular complexity index is 1720. The molecule has 4 aromatic rings. The van der Waals surface area contributed by atoms with E-state index in [1.807, 2.05) is 100 Å². The third-order valence-electron chi connectivity index (χ3n) is 6.76. The predicted molar refractivity (Wildman–Crippen MR) is 169 cm³/mol. The molecule has 2 aromatic carbocycles. The maximum absolute atomic E-state index is 13.0. The first-order valence-electron chi connectivity index (χ1n) is 14.7. The van der Waals surface area contributed by atoms with Gasteiger partial charge in [-0.15, -0.1) is 0 Å². The highest BCUT2D eigenvalue weighted by atomic mass is 16.6. The smallest absolute Gasteiger partial charge is 0.492 e. The van der Waals surface area contributed by atoms with Crippen molar-refractivity contribution in [3.8, 4) is 5.75 Å². The second-order valence-corrected chi connectivity index (χ2v) is 11.5. The molecule has 2 amide bonds. The van der Waals surface area contributed by atoms with Gasteiger partial charge < -0.3 is 19.5 Å². The zero-order valence-corrected chi connectivity index (χ0v) is 25.5. The van der Waals surface area contributed by atoms with Crippen LogP contribution in [0.4, 0.5) is 9.59 Å². The molecule has 9 nitrogen and oxygen atoms in total. The molecule has 1 aliphatic heterocycles. The van der Waals surface area contributed by atoms with Crippen LogP contribution in [0.15, 0.2) is 79.0 Å². The van der Waals surface area contributed by atoms with E-state index in [9.17, 15) is 9.59 Å². The number of allylic oxidation sites excluding steroid dienone is 1. The summed E-state index contributed by atoms with van der Waals surface area (Å²) in [6.07, 6.45) is 4.12. The second-order valence-electron chi connectivity index (χ2n) is 11.5. The third-order valence-corrected chi connectivity index (χ3v) is 6.76. The molecule has 9 heteroatoms. The number of aryl methyl sites for hydroxylation is 1. The summed E-state index contributed by atoms with van der Waals surface area (Å²) in [6.45, 7) is 8.69. The first kappa shape index (κ1) is 30.4. The Morgan fingerprint density at radius 1 is 0.955 bits per heavy atom. The number of pyridine rings is 2. The zero-order chi connectivity index (χ0) is 31.1. The molecular formula is C35H37N4O5+. The lowest BCUT2D eigenvalue weighted by Crippen LogP contribution is -2.35. The highest BCUT2D eigenvalue weighted by molar-refractivity contribution is 6.23. The molecule has 44 heavy (non-hydrogen) atoms. The van der Waals surface area contributed by atoms with Crippen molar-refractivity contribution in [1.82, 2.24) is 15.3 Å². The fraction of sp³-hybridized carbons (Fsp3) is 0.286. The Hall–Kier alpha value is -5.05. The van der Waals surface area contributed by atoms with Crippen molar-refractivity contribution in [1.29, 1.82) is 0 Å². The standard InChI is InChI=1S/C35H36N4O5/c1-24-11-10-14-31(38-24)32-29(22-39(32)34(41)44-35(2,3)4)26-15-16-30-27(19-26)20-28(21-37-30)42-18-9-8-17-36-33(40)43-23-25-12-6-5-7-13-25/h5-7,10-16,19-22H,8-9,17-18,23H2,1-4H3/p+1. The van der Waals surface area contributed by atoms with Crippen LogP contribution in [0.5, 0.6) is 5.75 Å². The number of nitrogens with zero attached hydrogens (tertiary/aromatic N) is 3. The summed E-state index contributed by atoms with van der Waals surface area (Å²) in [7, 11) is 0. The molecule has 0 radical (unpaired) electrons. The average Bonchev–Trinajstić information content (AvgIpc) is 2.97. The number of hydrogen-bond acceptors (Lipinski definition) is 7. The fourth-order valence-electron chi connectivity index (χ4n) is 4.66. The fourth-order valence-corrected chi connectivity index (χ4v) is 4.66. The van der Waals surface area contributed by atoms with Crippen molar-refractivity contribution >= 4 is 40.6 Å². The summed E-state index contributed by atoms with van der Waals surface area (Å²) in [5.41, 5.74) is 5.22. The van der Waals surface area contributed by atoms with Gasteiger partial charge in [-0.25, -0.2) is 9.78 Å². The molecule has 0 aliphatic carbocycles. The number of nitrogens with one attached hydrogen (secondary N) is 1. The van der Waals surface area contributed by atoms with Gasteiger partial charge in [0.05, 0.1) is 18.3 Å². The van der Waals surface area contributed by atoms with E-state index >= 15 is 0 Å². The van der Waals surface area contributed by atoms with Gasteiger partial charge in [-0.05, 0) is 82.0 Å². The highest BCUT2D eigenvalue weighted by Gasteiger charge is 2.41. The molecule has 0 atom stereocenters. The van der Waals surface area contributed by atoms with Gasteiger partial charge in [-0.2, -0.15) is 4.79 Å². The Morgan fingerprint density at radius 2 is 1.77 bits per heavy atom. The summed E-state index contributed by atoms with van der Waals surface area (Å²) in [4.78, 5) is 34.1. The van der Waals surface area contributed by atoms with Crippen LogP contribution in [0, 0.1) is 6.92 Å². The van der Waals surface area contributed by atoms with Gasteiger partial charge in [0, 0.05) is 17.6 Å². The monoisotopic (exact) mass is 593 g/mol. The van der Waals surface area contributed by atoms with E-state index < -0.39 is 17.8 Å². The number of rotatable bonds is 10. The Balaban J connectivity index is 1.20. The van der Waals surface area contributed by atoms with Crippen LogP contribution in [-0.4, -0.2) is 51.7 Å². The van der Waals surface area contributed by atoms with Gasteiger partial charge in [0.2, 0.25) is 0 Å². The van der Waals surface area contributed by atoms with Crippen molar-refractivity contribution in [3.63, 3.8) is 0 Å². The molecule has 0 saturated heterocycles. The lowest BCUT2D eigenvalue weighted by atomic mass is 9.96. The number of alkyl carbamates (subject to hydrolysis) is 1. The Kier molecular flexibility index (Phi) is 9.33. The lowest BCUT2D eigenvalue weighted by molar-refractivity contribution is -0.356. The molecule has 5 rings (SSSR count). The van der Waals surface area contributed by atoms with Crippen molar-refractivity contribution in [2.75, 3.05) is 13.2 Å². The van der Waals surface area contributed by atoms with Crippen LogP contribution in [0.3, 0.4) is 0 Å². The molecule has 3 heterocycles. The van der Waals surface area contributed by atoms with Gasteiger partial charge in [0.25, 0.3) is 5.70 Å². The van der Waals surface area contributed by atoms with E-state index in [1.165, 1.54) is 4.58 Å². The quantitative estimate of drug-likeness (QED) is 0.157. The molecule has 0 saturated carbocycles. The van der Waals surface area contributed by atoms with Crippen LogP contribution >= 0.6 is 0 Å². The number of carbonyl (C=O) groups is 2. The number of carbonyl (C=O) groups excluding carboxylic acids is 2. The summed E-state index contributed by atoms with van der Waals surface area (Å²) < 4.78 is 18.3. The van der Waals surface area contributed by atoms with Gasteiger partial charge in [-0.3, -0.25) is 4.98 Å². The largest absolute Gasteiger partial charge is 0.603 e. The van der Waals surface area contributed by atoms with E-state index in [4.69, 9.17) is 14.2 Å². The second kappa shape index (κ2) is 13.5. The molecule has 0 bridgehead atoms. The predicted octanol–water partition coefficient (Wildman–Crippen LogP) is 6.92. The maximum Gasteiger partial charge on any atom is 0.603 e. The van der Waals surface area contributed by atoms with E-state index in [-0.39, 0.29) is 6.61 Å². The molecule has 1 aliphatic rings. The number of aromatic nitrogens is 2. The van der Waals surface area contributed by atoms with E-state index in [0.717, 1.165) is 46.1 Å². The van der Waals surface area contributed by atoms with E-state index in [0.29, 0.717) is 30.3 Å². The van der Waals surface area contributed by atoms with E-state index in [2.05, 4.69) is 15.3 Å². The molecule has 0 unspecified atom stereocenters. The number of fused-ring (bicyclic) bond motifs is 1. The van der Waals surface area contributed by atoms with Crippen LogP contribution < -0.4 is 10.1 Å². The molecule has 0 spiro atoms. The van der Waals surface area contributed by atoms with Crippen LogP contribution in [-0.2, 0) is 16.1 Å². The minimum absolute atomic E-state index is 0.244. The molecular weight excluding hydrogens is 556 g/mol. The zero-order valence-electron chi connectivity index (χ0n) is 25.5. The van der Waals surface area contributed by atoms with Crippen molar-refractivity contribution in [3.05, 3.63) is 102 Å². The maximum atomic E-state index is 13.0. The summed E-state index contributed by atoms with van der Waals surface area (Å²) in [5.74, 6) is 0.660. The number of benzene rings is 2. The number of hydrogen-bond donors (Lipinski definition) is 1. The van der Waals surface area contributed by atoms with Crippen LogP contribution in [0.1, 0.15) is 56.1 Å². The van der Waals surface area contributed by atoms with E-state index in [1.54, 1.807) is 12.4 Å². The topological polar surface area (TPSA) is 103 Å².